The molecule has 6 nitrogen and oxygen atoms in total. The Kier molecular flexibility index (Phi) is 4.41. The smallest absolute Gasteiger partial charge is 0.264 e. The number of ether oxygens (including phenoxy) is 1. The monoisotopic (exact) mass is 313 g/mol. The number of hydrogen-bond acceptors (Lipinski definition) is 5. The average Bonchev–Trinajstić information content (AvgIpc) is 2.41. The third kappa shape index (κ3) is 3.58. The number of hydrogen-bond donors (Lipinski definition) is 1. The zero-order valence-corrected chi connectivity index (χ0v) is 12.1. The Balaban J connectivity index is 2.17. The molecule has 0 bridgehead atoms. The minimum atomic E-state index is -3.73. The SMILES string of the molecule is CCOc1cnc(NS(=O)(=O)c2ccc(Cl)cc2)nc1. The number of nitrogens with one attached hydrogen (secondary N) is 1. The third-order valence-electron chi connectivity index (χ3n) is 2.29. The van der Waals surface area contributed by atoms with Crippen LogP contribution in [0.25, 0.3) is 0 Å². The van der Waals surface area contributed by atoms with E-state index in [0.29, 0.717) is 17.4 Å². The second kappa shape index (κ2) is 6.06. The molecule has 1 aromatic heterocycles. The van der Waals surface area contributed by atoms with E-state index in [-0.39, 0.29) is 10.8 Å². The fourth-order valence-corrected chi connectivity index (χ4v) is 2.49. The van der Waals surface area contributed by atoms with Gasteiger partial charge < -0.3 is 4.74 Å². The van der Waals surface area contributed by atoms with Crippen LogP contribution >= 0.6 is 11.6 Å². The molecule has 0 fully saturated rings. The van der Waals surface area contributed by atoms with Gasteiger partial charge in [-0.1, -0.05) is 11.6 Å². The Labute approximate surface area is 121 Å². The zero-order valence-electron chi connectivity index (χ0n) is 10.6. The van der Waals surface area contributed by atoms with Crippen molar-refractivity contribution in [1.29, 1.82) is 0 Å². The molecule has 1 N–H and O–H groups in total. The normalized spacial score (nSPS) is 11.1. The van der Waals surface area contributed by atoms with Crippen molar-refractivity contribution in [1.82, 2.24) is 9.97 Å². The van der Waals surface area contributed by atoms with Crippen molar-refractivity contribution in [3.05, 3.63) is 41.7 Å². The van der Waals surface area contributed by atoms with Crippen molar-refractivity contribution in [3.8, 4) is 5.75 Å². The van der Waals surface area contributed by atoms with Gasteiger partial charge in [0.05, 0.1) is 23.9 Å². The van der Waals surface area contributed by atoms with Gasteiger partial charge in [0.25, 0.3) is 10.0 Å². The molecule has 0 aliphatic heterocycles. The quantitative estimate of drug-likeness (QED) is 0.916. The lowest BCUT2D eigenvalue weighted by Crippen LogP contribution is -2.14. The third-order valence-corrected chi connectivity index (χ3v) is 3.88. The Bertz CT molecular complexity index is 672. The summed E-state index contributed by atoms with van der Waals surface area (Å²) in [6, 6.07) is 5.79. The fraction of sp³-hybridized carbons (Fsp3) is 0.167. The molecule has 2 aromatic rings. The van der Waals surface area contributed by atoms with Gasteiger partial charge in [0.2, 0.25) is 5.95 Å². The van der Waals surface area contributed by atoms with Gasteiger partial charge >= 0.3 is 0 Å². The zero-order chi connectivity index (χ0) is 14.6. The van der Waals surface area contributed by atoms with Gasteiger partial charge in [-0.05, 0) is 31.2 Å². The molecule has 0 amide bonds. The van der Waals surface area contributed by atoms with E-state index in [1.54, 1.807) is 0 Å². The van der Waals surface area contributed by atoms with Crippen LogP contribution in [-0.4, -0.2) is 25.0 Å². The van der Waals surface area contributed by atoms with Crippen LogP contribution in [0.4, 0.5) is 5.95 Å². The summed E-state index contributed by atoms with van der Waals surface area (Å²) >= 11 is 5.72. The highest BCUT2D eigenvalue weighted by Gasteiger charge is 2.15. The number of sulfonamides is 1. The molecule has 0 aliphatic rings. The van der Waals surface area contributed by atoms with Crippen LogP contribution in [0.1, 0.15) is 6.92 Å². The molecule has 0 atom stereocenters. The van der Waals surface area contributed by atoms with Gasteiger partial charge in [0, 0.05) is 5.02 Å². The van der Waals surface area contributed by atoms with Crippen LogP contribution in [0.15, 0.2) is 41.6 Å². The van der Waals surface area contributed by atoms with Gasteiger partial charge in [0.15, 0.2) is 5.75 Å². The first kappa shape index (κ1) is 14.5. The predicted molar refractivity (Wildman–Crippen MR) is 75.5 cm³/mol. The Morgan fingerprint density at radius 2 is 1.80 bits per heavy atom. The van der Waals surface area contributed by atoms with E-state index in [9.17, 15) is 8.42 Å². The molecule has 0 saturated carbocycles. The van der Waals surface area contributed by atoms with Crippen molar-refractivity contribution in [3.63, 3.8) is 0 Å². The van der Waals surface area contributed by atoms with E-state index in [1.165, 1.54) is 36.7 Å². The van der Waals surface area contributed by atoms with Crippen LogP contribution in [0.5, 0.6) is 5.75 Å². The van der Waals surface area contributed by atoms with Crippen molar-refractivity contribution in [2.75, 3.05) is 11.3 Å². The molecular formula is C12H12ClN3O3S. The Hall–Kier alpha value is -1.86. The van der Waals surface area contributed by atoms with E-state index in [0.717, 1.165) is 0 Å². The summed E-state index contributed by atoms with van der Waals surface area (Å²) in [5.41, 5.74) is 0. The standard InChI is InChI=1S/C12H12ClN3O3S/c1-2-19-10-7-14-12(15-8-10)16-20(17,18)11-5-3-9(13)4-6-11/h3-8H,2H2,1H3,(H,14,15,16). The minimum absolute atomic E-state index is 0.0246. The lowest BCUT2D eigenvalue weighted by atomic mass is 10.4. The molecule has 1 aromatic carbocycles. The van der Waals surface area contributed by atoms with E-state index in [4.69, 9.17) is 16.3 Å². The maximum atomic E-state index is 12.1. The molecule has 0 unspecified atom stereocenters. The fourth-order valence-electron chi connectivity index (χ4n) is 1.40. The topological polar surface area (TPSA) is 81.2 Å². The summed E-state index contributed by atoms with van der Waals surface area (Å²) in [5.74, 6) is 0.449. The lowest BCUT2D eigenvalue weighted by molar-refractivity contribution is 0.337. The van der Waals surface area contributed by atoms with Crippen molar-refractivity contribution in [2.24, 2.45) is 0 Å². The van der Waals surface area contributed by atoms with Crippen LogP contribution < -0.4 is 9.46 Å². The second-order valence-corrected chi connectivity index (χ2v) is 5.85. The van der Waals surface area contributed by atoms with Crippen molar-refractivity contribution >= 4 is 27.6 Å². The van der Waals surface area contributed by atoms with Gasteiger partial charge in [0.1, 0.15) is 0 Å². The number of benzene rings is 1. The molecule has 0 radical (unpaired) electrons. The molecule has 0 aliphatic carbocycles. The van der Waals surface area contributed by atoms with Crippen LogP contribution in [0, 0.1) is 0 Å². The molecular weight excluding hydrogens is 302 g/mol. The summed E-state index contributed by atoms with van der Waals surface area (Å²) < 4.78 is 31.6. The minimum Gasteiger partial charge on any atom is -0.491 e. The lowest BCUT2D eigenvalue weighted by Gasteiger charge is -2.07. The Morgan fingerprint density at radius 3 is 2.35 bits per heavy atom. The van der Waals surface area contributed by atoms with Gasteiger partial charge in [-0.3, -0.25) is 0 Å². The molecule has 2 rings (SSSR count). The van der Waals surface area contributed by atoms with Gasteiger partial charge in [-0.25, -0.2) is 23.1 Å². The number of anilines is 1. The summed E-state index contributed by atoms with van der Waals surface area (Å²) in [7, 11) is -3.73. The van der Waals surface area contributed by atoms with Crippen LogP contribution in [-0.2, 0) is 10.0 Å². The molecule has 20 heavy (non-hydrogen) atoms. The van der Waals surface area contributed by atoms with Crippen LogP contribution in [0.3, 0.4) is 0 Å². The van der Waals surface area contributed by atoms with Crippen molar-refractivity contribution in [2.45, 2.75) is 11.8 Å². The van der Waals surface area contributed by atoms with Gasteiger partial charge in [-0.15, -0.1) is 0 Å². The highest BCUT2D eigenvalue weighted by Crippen LogP contribution is 2.17. The highest BCUT2D eigenvalue weighted by atomic mass is 35.5. The van der Waals surface area contributed by atoms with Crippen molar-refractivity contribution < 1.29 is 13.2 Å². The largest absolute Gasteiger partial charge is 0.491 e. The number of rotatable bonds is 5. The number of halogens is 1. The molecule has 1 heterocycles. The predicted octanol–water partition coefficient (Wildman–Crippen LogP) is 2.33. The first-order valence-corrected chi connectivity index (χ1v) is 7.60. The number of aromatic nitrogens is 2. The molecule has 8 heteroatoms. The second-order valence-electron chi connectivity index (χ2n) is 3.73. The van der Waals surface area contributed by atoms with E-state index in [2.05, 4.69) is 14.7 Å². The molecule has 106 valence electrons. The molecule has 0 spiro atoms. The van der Waals surface area contributed by atoms with E-state index >= 15 is 0 Å². The maximum Gasteiger partial charge on any atom is 0.264 e. The van der Waals surface area contributed by atoms with E-state index < -0.39 is 10.0 Å². The van der Waals surface area contributed by atoms with Gasteiger partial charge in [-0.2, -0.15) is 0 Å². The summed E-state index contributed by atoms with van der Waals surface area (Å²) in [6.07, 6.45) is 2.80. The Morgan fingerprint density at radius 1 is 1.20 bits per heavy atom. The maximum absolute atomic E-state index is 12.1. The summed E-state index contributed by atoms with van der Waals surface area (Å²) in [4.78, 5) is 7.83. The average molecular weight is 314 g/mol. The number of nitrogens with zero attached hydrogens (tertiary/aromatic N) is 2. The molecule has 0 saturated heterocycles. The first-order valence-electron chi connectivity index (χ1n) is 5.74. The highest BCUT2D eigenvalue weighted by molar-refractivity contribution is 7.92. The summed E-state index contributed by atoms with van der Waals surface area (Å²) in [5, 5.41) is 0.460. The summed E-state index contributed by atoms with van der Waals surface area (Å²) in [6.45, 7) is 2.32. The van der Waals surface area contributed by atoms with E-state index in [1.807, 2.05) is 6.92 Å². The first-order chi connectivity index (χ1) is 9.51. The van der Waals surface area contributed by atoms with Crippen LogP contribution in [0.2, 0.25) is 5.02 Å².